The van der Waals surface area contributed by atoms with E-state index >= 15 is 4.39 Å². The second kappa shape index (κ2) is 7.89. The lowest BCUT2D eigenvalue weighted by molar-refractivity contribution is 0.0919. The van der Waals surface area contributed by atoms with Gasteiger partial charge in [0.1, 0.15) is 11.6 Å². The molecule has 2 atom stereocenters. The molecule has 2 aliphatic carbocycles. The summed E-state index contributed by atoms with van der Waals surface area (Å²) in [4.78, 5) is 24.3. The van der Waals surface area contributed by atoms with Crippen LogP contribution in [-0.2, 0) is 5.41 Å². The van der Waals surface area contributed by atoms with Crippen molar-refractivity contribution in [3.05, 3.63) is 70.8 Å². The van der Waals surface area contributed by atoms with Crippen LogP contribution in [0.25, 0.3) is 22.9 Å². The molecule has 188 valence electrons. The molecule has 1 N–H and O–H groups in total. The fourth-order valence-electron chi connectivity index (χ4n) is 6.00. The van der Waals surface area contributed by atoms with E-state index in [0.717, 1.165) is 23.9 Å². The summed E-state index contributed by atoms with van der Waals surface area (Å²) in [6.07, 6.45) is 2.25. The first-order chi connectivity index (χ1) is 17.7. The molecular weight excluding hydrogens is 487 g/mol. The number of nitrogens with one attached hydrogen (secondary N) is 1. The lowest BCUT2D eigenvalue weighted by Crippen LogP contribution is -2.39. The highest BCUT2D eigenvalue weighted by atomic mass is 19.1. The summed E-state index contributed by atoms with van der Waals surface area (Å²) in [6.45, 7) is 3.99. The molecule has 3 heterocycles. The zero-order chi connectivity index (χ0) is 26.1. The number of aromatic nitrogens is 6. The molecule has 3 aromatic heterocycles. The number of nitrogens with zero attached hydrogens (tertiary/aromatic N) is 6. The van der Waals surface area contributed by atoms with E-state index in [1.54, 1.807) is 6.07 Å². The van der Waals surface area contributed by atoms with E-state index in [4.69, 9.17) is 4.52 Å². The number of hydrogen-bond donors (Lipinski definition) is 1. The van der Waals surface area contributed by atoms with E-state index in [0.29, 0.717) is 18.5 Å². The largest absolute Gasteiger partial charge is 0.351 e. The summed E-state index contributed by atoms with van der Waals surface area (Å²) in [5, 5.41) is 14.7. The summed E-state index contributed by atoms with van der Waals surface area (Å²) >= 11 is 0. The van der Waals surface area contributed by atoms with Crippen molar-refractivity contribution < 1.29 is 22.5 Å². The molecule has 2 bridgehead atoms. The Morgan fingerprint density at radius 3 is 2.54 bits per heavy atom. The number of rotatable bonds is 4. The monoisotopic (exact) mass is 507 g/mol. The Hall–Kier alpha value is -4.22. The third-order valence-electron chi connectivity index (χ3n) is 7.80. The number of halogens is 3. The van der Waals surface area contributed by atoms with Crippen molar-refractivity contribution in [3.8, 4) is 22.9 Å². The van der Waals surface area contributed by atoms with Crippen LogP contribution in [0.4, 0.5) is 13.2 Å². The number of benzene rings is 1. The number of carbonyl (C=O) groups is 1. The Balaban J connectivity index is 1.51. The third-order valence-corrected chi connectivity index (χ3v) is 7.80. The summed E-state index contributed by atoms with van der Waals surface area (Å²) in [7, 11) is 1.42. The maximum Gasteiger partial charge on any atom is 0.316 e. The molecule has 12 heteroatoms. The zero-order valence-electron chi connectivity index (χ0n) is 20.0. The first-order valence-corrected chi connectivity index (χ1v) is 11.6. The van der Waals surface area contributed by atoms with E-state index in [1.807, 2.05) is 13.8 Å². The van der Waals surface area contributed by atoms with E-state index in [9.17, 15) is 13.6 Å². The Morgan fingerprint density at radius 1 is 1.05 bits per heavy atom. The molecule has 9 nitrogen and oxygen atoms in total. The molecular formula is C25H20F3N7O2. The van der Waals surface area contributed by atoms with E-state index in [1.165, 1.54) is 13.1 Å². The predicted octanol–water partition coefficient (Wildman–Crippen LogP) is 3.96. The minimum atomic E-state index is -0.985. The number of fused-ring (bicyclic) bond motifs is 5. The highest BCUT2D eigenvalue weighted by Crippen LogP contribution is 2.69. The highest BCUT2D eigenvalue weighted by Gasteiger charge is 2.66. The molecule has 4 aromatic rings. The van der Waals surface area contributed by atoms with E-state index in [2.05, 4.69) is 35.6 Å². The van der Waals surface area contributed by atoms with Crippen molar-refractivity contribution in [2.24, 2.45) is 5.41 Å². The van der Waals surface area contributed by atoms with Crippen LogP contribution in [0.1, 0.15) is 60.2 Å². The molecule has 0 radical (unpaired) electrons. The molecule has 0 saturated heterocycles. The molecule has 1 fully saturated rings. The summed E-state index contributed by atoms with van der Waals surface area (Å²) in [6, 6.07) is 5.25. The summed E-state index contributed by atoms with van der Waals surface area (Å²) in [5.41, 5.74) is -0.373. The van der Waals surface area contributed by atoms with Crippen molar-refractivity contribution in [2.45, 2.75) is 38.0 Å². The van der Waals surface area contributed by atoms with Crippen LogP contribution >= 0.6 is 0 Å². The fourth-order valence-corrected chi connectivity index (χ4v) is 6.00. The number of carbonyl (C=O) groups excluding carboxylic acids is 1. The Labute approximate surface area is 208 Å². The second-order valence-corrected chi connectivity index (χ2v) is 9.74. The third kappa shape index (κ3) is 3.07. The normalized spacial score (nSPS) is 21.2. The van der Waals surface area contributed by atoms with Crippen molar-refractivity contribution >= 4 is 5.91 Å². The molecule has 6 rings (SSSR count). The van der Waals surface area contributed by atoms with Crippen molar-refractivity contribution in [1.82, 2.24) is 35.6 Å². The summed E-state index contributed by atoms with van der Waals surface area (Å²) in [5.74, 6) is -3.16. The lowest BCUT2D eigenvalue weighted by atomic mass is 9.66. The number of amides is 1. The van der Waals surface area contributed by atoms with Gasteiger partial charge in [-0.25, -0.2) is 23.1 Å². The molecule has 0 aliphatic heterocycles. The van der Waals surface area contributed by atoms with Gasteiger partial charge in [0.2, 0.25) is 11.6 Å². The molecule has 0 spiro atoms. The average Bonchev–Trinajstić information content (AvgIpc) is 3.52. The van der Waals surface area contributed by atoms with Crippen LogP contribution in [0.15, 0.2) is 35.0 Å². The standard InChI is InChI=1S/C25H20F3N7O2/c1-24(2)12-7-8-25(24,18-11(12)9-16(33-34-18)17-13(26)5-4-6-14(17)27)19-15(28)10-30-20(31-19)21-32-23(37-35-21)22(36)29-3/h4-6,9-10,12H,7-8H2,1-3H3,(H,29,36)/t12-,25-/m0/s1. The minimum absolute atomic E-state index is 0.0182. The molecule has 0 unspecified atom stereocenters. The van der Waals surface area contributed by atoms with Crippen molar-refractivity contribution in [2.75, 3.05) is 7.05 Å². The van der Waals surface area contributed by atoms with Crippen molar-refractivity contribution in [3.63, 3.8) is 0 Å². The SMILES string of the molecule is CNC(=O)c1nc(-c2ncc(F)c([C@]34CC[C@@H](c5cc(-c6c(F)cccc6F)nnc53)C4(C)C)n2)no1. The van der Waals surface area contributed by atoms with Gasteiger partial charge in [0, 0.05) is 7.05 Å². The van der Waals surface area contributed by atoms with Crippen LogP contribution in [0.2, 0.25) is 0 Å². The van der Waals surface area contributed by atoms with Gasteiger partial charge < -0.3 is 9.84 Å². The van der Waals surface area contributed by atoms with Crippen LogP contribution < -0.4 is 5.32 Å². The quantitative estimate of drug-likeness (QED) is 0.441. The van der Waals surface area contributed by atoms with Crippen molar-refractivity contribution in [1.29, 1.82) is 0 Å². The van der Waals surface area contributed by atoms with Gasteiger partial charge in [0.15, 0.2) is 5.82 Å². The molecule has 2 aliphatic rings. The maximum atomic E-state index is 15.5. The number of hydrogen-bond acceptors (Lipinski definition) is 8. The summed E-state index contributed by atoms with van der Waals surface area (Å²) < 4.78 is 49.4. The first kappa shape index (κ1) is 23.2. The Bertz CT molecular complexity index is 1570. The maximum absolute atomic E-state index is 15.5. The van der Waals surface area contributed by atoms with Crippen LogP contribution in [0.5, 0.6) is 0 Å². The molecule has 37 heavy (non-hydrogen) atoms. The van der Waals surface area contributed by atoms with Gasteiger partial charge in [-0.1, -0.05) is 25.1 Å². The fraction of sp³-hybridized carbons (Fsp3) is 0.320. The zero-order valence-corrected chi connectivity index (χ0v) is 20.0. The van der Waals surface area contributed by atoms with Gasteiger partial charge in [-0.15, -0.1) is 5.10 Å². The predicted molar refractivity (Wildman–Crippen MR) is 123 cm³/mol. The van der Waals surface area contributed by atoms with Gasteiger partial charge in [-0.2, -0.15) is 10.1 Å². The topological polar surface area (TPSA) is 120 Å². The van der Waals surface area contributed by atoms with Crippen LogP contribution in [0.3, 0.4) is 0 Å². The van der Waals surface area contributed by atoms with Crippen LogP contribution in [0, 0.1) is 22.9 Å². The first-order valence-electron chi connectivity index (χ1n) is 11.6. The Kier molecular flexibility index (Phi) is 4.95. The van der Waals surface area contributed by atoms with E-state index < -0.39 is 34.2 Å². The van der Waals surface area contributed by atoms with Gasteiger partial charge >= 0.3 is 11.8 Å². The molecule has 1 amide bonds. The Morgan fingerprint density at radius 2 is 1.81 bits per heavy atom. The minimum Gasteiger partial charge on any atom is -0.351 e. The highest BCUT2D eigenvalue weighted by molar-refractivity contribution is 5.89. The van der Waals surface area contributed by atoms with Gasteiger partial charge in [0.05, 0.1) is 34.3 Å². The van der Waals surface area contributed by atoms with Gasteiger partial charge in [-0.3, -0.25) is 4.79 Å². The van der Waals surface area contributed by atoms with Crippen LogP contribution in [-0.4, -0.2) is 43.3 Å². The van der Waals surface area contributed by atoms with Gasteiger partial charge in [0.25, 0.3) is 0 Å². The average molecular weight is 507 g/mol. The second-order valence-electron chi connectivity index (χ2n) is 9.74. The molecule has 1 saturated carbocycles. The van der Waals surface area contributed by atoms with Gasteiger partial charge in [-0.05, 0) is 47.9 Å². The smallest absolute Gasteiger partial charge is 0.316 e. The lowest BCUT2D eigenvalue weighted by Gasteiger charge is -2.37. The van der Waals surface area contributed by atoms with E-state index in [-0.39, 0.29) is 40.4 Å². The molecule has 1 aromatic carbocycles.